The molecular weight excluding hydrogens is 382 g/mol. The molecule has 0 unspecified atom stereocenters. The van der Waals surface area contributed by atoms with Crippen LogP contribution in [-0.2, 0) is 12.0 Å². The van der Waals surface area contributed by atoms with Gasteiger partial charge in [0.05, 0.1) is 18.4 Å². The number of para-hydroxylation sites is 1. The van der Waals surface area contributed by atoms with Gasteiger partial charge in [0.25, 0.3) is 0 Å². The second kappa shape index (κ2) is 8.82. The van der Waals surface area contributed by atoms with Crippen LogP contribution in [0, 0.1) is 0 Å². The van der Waals surface area contributed by atoms with Gasteiger partial charge in [-0.25, -0.2) is 0 Å². The molecule has 6 heteroatoms. The van der Waals surface area contributed by atoms with Gasteiger partial charge in [-0.3, -0.25) is 4.79 Å². The molecule has 1 heterocycles. The van der Waals surface area contributed by atoms with E-state index in [1.807, 2.05) is 16.7 Å². The predicted molar refractivity (Wildman–Crippen MR) is 118 cm³/mol. The number of benzene rings is 2. The van der Waals surface area contributed by atoms with Crippen molar-refractivity contribution in [3.8, 4) is 17.1 Å². The molecule has 0 fully saturated rings. The molecule has 0 aliphatic carbocycles. The molecule has 0 bridgehead atoms. The van der Waals surface area contributed by atoms with Gasteiger partial charge in [0.2, 0.25) is 0 Å². The number of hydrogen-bond donors (Lipinski definition) is 0. The van der Waals surface area contributed by atoms with Crippen LogP contribution in [0.1, 0.15) is 43.6 Å². The van der Waals surface area contributed by atoms with Crippen LogP contribution in [0.2, 0.25) is 0 Å². The summed E-state index contributed by atoms with van der Waals surface area (Å²) in [5.74, 6) is 1.70. The van der Waals surface area contributed by atoms with Crippen LogP contribution in [0.3, 0.4) is 0 Å². The lowest BCUT2D eigenvalue weighted by atomic mass is 9.87. The number of aromatic nitrogens is 3. The largest absolute Gasteiger partial charge is 0.496 e. The number of methoxy groups -OCH3 is 1. The normalized spacial score (nSPS) is 11.5. The molecule has 3 rings (SSSR count). The third kappa shape index (κ3) is 4.70. The Morgan fingerprint density at radius 3 is 2.38 bits per heavy atom. The Bertz CT molecular complexity index is 988. The highest BCUT2D eigenvalue weighted by Gasteiger charge is 2.18. The molecule has 0 spiro atoms. The van der Waals surface area contributed by atoms with E-state index in [0.29, 0.717) is 11.3 Å². The SMILES string of the molecule is CCn1c(SCC(=O)c2ccccc2OC)nnc1-c1ccc(C(C)(C)C)cc1. The minimum Gasteiger partial charge on any atom is -0.496 e. The smallest absolute Gasteiger partial charge is 0.191 e. The van der Waals surface area contributed by atoms with Gasteiger partial charge in [-0.05, 0) is 30.0 Å². The number of ether oxygens (including phenoxy) is 1. The highest BCUT2D eigenvalue weighted by atomic mass is 32.2. The standard InChI is InChI=1S/C23H27N3O2S/c1-6-26-21(16-11-13-17(14-12-16)23(2,3)4)24-25-22(26)29-15-19(27)18-9-7-8-10-20(18)28-5/h7-14H,6,15H2,1-5H3. The monoisotopic (exact) mass is 409 g/mol. The first-order valence-corrected chi connectivity index (χ1v) is 10.7. The van der Waals surface area contributed by atoms with Gasteiger partial charge in [-0.15, -0.1) is 10.2 Å². The molecular formula is C23H27N3O2S. The Morgan fingerprint density at radius 1 is 1.07 bits per heavy atom. The summed E-state index contributed by atoms with van der Waals surface area (Å²) in [6.07, 6.45) is 0. The average Bonchev–Trinajstić information content (AvgIpc) is 3.14. The zero-order chi connectivity index (χ0) is 21.0. The minimum absolute atomic E-state index is 0.00850. The zero-order valence-electron chi connectivity index (χ0n) is 17.6. The maximum atomic E-state index is 12.6. The Labute approximate surface area is 176 Å². The van der Waals surface area contributed by atoms with Gasteiger partial charge in [0.15, 0.2) is 16.8 Å². The Balaban J connectivity index is 1.78. The summed E-state index contributed by atoms with van der Waals surface area (Å²) >= 11 is 1.40. The number of carbonyl (C=O) groups is 1. The molecule has 1 aromatic heterocycles. The van der Waals surface area contributed by atoms with E-state index in [-0.39, 0.29) is 17.0 Å². The van der Waals surface area contributed by atoms with Crippen LogP contribution < -0.4 is 4.74 Å². The van der Waals surface area contributed by atoms with Crippen LogP contribution in [0.15, 0.2) is 53.7 Å². The highest BCUT2D eigenvalue weighted by molar-refractivity contribution is 7.99. The highest BCUT2D eigenvalue weighted by Crippen LogP contribution is 2.28. The molecule has 0 aliphatic rings. The fraction of sp³-hybridized carbons (Fsp3) is 0.348. The number of thioether (sulfide) groups is 1. The van der Waals surface area contributed by atoms with Crippen LogP contribution in [-0.4, -0.2) is 33.4 Å². The molecule has 0 N–H and O–H groups in total. The quantitative estimate of drug-likeness (QED) is 0.394. The third-order valence-corrected chi connectivity index (χ3v) is 5.75. The number of ketones is 1. The van der Waals surface area contributed by atoms with E-state index in [0.717, 1.165) is 23.1 Å². The van der Waals surface area contributed by atoms with E-state index in [2.05, 4.69) is 62.2 Å². The third-order valence-electron chi connectivity index (χ3n) is 4.78. The maximum absolute atomic E-state index is 12.6. The summed E-state index contributed by atoms with van der Waals surface area (Å²) in [6, 6.07) is 15.7. The molecule has 5 nitrogen and oxygen atoms in total. The molecule has 0 aliphatic heterocycles. The van der Waals surface area contributed by atoms with Gasteiger partial charge in [-0.2, -0.15) is 0 Å². The van der Waals surface area contributed by atoms with E-state index < -0.39 is 0 Å². The van der Waals surface area contributed by atoms with Crippen molar-refractivity contribution in [1.82, 2.24) is 14.8 Å². The first-order chi connectivity index (χ1) is 13.8. The van der Waals surface area contributed by atoms with Crippen molar-refractivity contribution in [2.75, 3.05) is 12.9 Å². The Morgan fingerprint density at radius 2 is 1.76 bits per heavy atom. The van der Waals surface area contributed by atoms with E-state index in [1.165, 1.54) is 17.3 Å². The lowest BCUT2D eigenvalue weighted by Crippen LogP contribution is -2.10. The van der Waals surface area contributed by atoms with Crippen LogP contribution >= 0.6 is 11.8 Å². The van der Waals surface area contributed by atoms with Gasteiger partial charge < -0.3 is 9.30 Å². The summed E-state index contributed by atoms with van der Waals surface area (Å²) in [6.45, 7) is 9.38. The second-order valence-electron chi connectivity index (χ2n) is 7.79. The molecule has 0 amide bonds. The predicted octanol–water partition coefficient (Wildman–Crippen LogP) is 5.25. The first-order valence-electron chi connectivity index (χ1n) is 9.68. The summed E-state index contributed by atoms with van der Waals surface area (Å²) in [5.41, 5.74) is 3.00. The van der Waals surface area contributed by atoms with Crippen molar-refractivity contribution in [1.29, 1.82) is 0 Å². The van der Waals surface area contributed by atoms with E-state index in [9.17, 15) is 4.79 Å². The van der Waals surface area contributed by atoms with Crippen molar-refractivity contribution in [3.63, 3.8) is 0 Å². The molecule has 2 aromatic carbocycles. The maximum Gasteiger partial charge on any atom is 0.191 e. The molecule has 29 heavy (non-hydrogen) atoms. The van der Waals surface area contributed by atoms with Gasteiger partial charge in [-0.1, -0.05) is 68.9 Å². The molecule has 152 valence electrons. The molecule has 0 atom stereocenters. The van der Waals surface area contributed by atoms with Crippen LogP contribution in [0.25, 0.3) is 11.4 Å². The number of carbonyl (C=O) groups excluding carboxylic acids is 1. The van der Waals surface area contributed by atoms with Crippen molar-refractivity contribution < 1.29 is 9.53 Å². The van der Waals surface area contributed by atoms with E-state index >= 15 is 0 Å². The van der Waals surface area contributed by atoms with E-state index in [4.69, 9.17) is 4.74 Å². The molecule has 0 saturated carbocycles. The summed E-state index contributed by atoms with van der Waals surface area (Å²) in [7, 11) is 1.57. The van der Waals surface area contributed by atoms with Gasteiger partial charge in [0.1, 0.15) is 5.75 Å². The van der Waals surface area contributed by atoms with Gasteiger partial charge >= 0.3 is 0 Å². The Hall–Kier alpha value is -2.60. The molecule has 0 radical (unpaired) electrons. The van der Waals surface area contributed by atoms with Crippen LogP contribution in [0.5, 0.6) is 5.75 Å². The minimum atomic E-state index is 0.00850. The number of rotatable bonds is 7. The van der Waals surface area contributed by atoms with Crippen molar-refractivity contribution >= 4 is 17.5 Å². The topological polar surface area (TPSA) is 57.0 Å². The summed E-state index contributed by atoms with van der Waals surface area (Å²) in [4.78, 5) is 12.6. The Kier molecular flexibility index (Phi) is 6.42. The summed E-state index contributed by atoms with van der Waals surface area (Å²) < 4.78 is 7.34. The molecule has 0 saturated heterocycles. The van der Waals surface area contributed by atoms with Crippen molar-refractivity contribution in [2.24, 2.45) is 0 Å². The van der Waals surface area contributed by atoms with Gasteiger partial charge in [0, 0.05) is 12.1 Å². The number of hydrogen-bond acceptors (Lipinski definition) is 5. The lowest BCUT2D eigenvalue weighted by molar-refractivity contribution is 0.101. The van der Waals surface area contributed by atoms with E-state index in [1.54, 1.807) is 19.2 Å². The fourth-order valence-electron chi connectivity index (χ4n) is 3.10. The average molecular weight is 410 g/mol. The van der Waals surface area contributed by atoms with Crippen molar-refractivity contribution in [3.05, 3.63) is 59.7 Å². The van der Waals surface area contributed by atoms with Crippen LogP contribution in [0.4, 0.5) is 0 Å². The zero-order valence-corrected chi connectivity index (χ0v) is 18.4. The number of nitrogens with zero attached hydrogens (tertiary/aromatic N) is 3. The summed E-state index contributed by atoms with van der Waals surface area (Å²) in [5, 5.41) is 9.47. The molecule has 3 aromatic rings. The number of Topliss-reactive ketones (excluding diaryl/α,β-unsaturated/α-hetero) is 1. The second-order valence-corrected chi connectivity index (χ2v) is 8.73. The fourth-order valence-corrected chi connectivity index (χ4v) is 3.98. The first kappa shape index (κ1) is 21.1. The van der Waals surface area contributed by atoms with Crippen molar-refractivity contribution in [2.45, 2.75) is 44.8 Å². The lowest BCUT2D eigenvalue weighted by Gasteiger charge is -2.19.